The van der Waals surface area contributed by atoms with Gasteiger partial charge >= 0.3 is 0 Å². The highest BCUT2D eigenvalue weighted by Gasteiger charge is 2.19. The predicted octanol–water partition coefficient (Wildman–Crippen LogP) is 2.15. The second-order valence-electron chi connectivity index (χ2n) is 5.00. The molecule has 0 atom stereocenters. The number of amides is 1. The van der Waals surface area contributed by atoms with E-state index in [4.69, 9.17) is 4.42 Å². The fraction of sp³-hybridized carbons (Fsp3) is 0.267. The van der Waals surface area contributed by atoms with Gasteiger partial charge in [0.1, 0.15) is 5.76 Å². The van der Waals surface area contributed by atoms with Gasteiger partial charge in [-0.25, -0.2) is 0 Å². The van der Waals surface area contributed by atoms with Crippen molar-refractivity contribution < 1.29 is 14.1 Å². The van der Waals surface area contributed by atoms with E-state index in [0.717, 1.165) is 0 Å². The Balaban J connectivity index is 2.15. The molecule has 1 heterocycles. The van der Waals surface area contributed by atoms with Crippen molar-refractivity contribution in [3.63, 3.8) is 0 Å². The van der Waals surface area contributed by atoms with Gasteiger partial charge in [-0.3, -0.25) is 14.9 Å². The molecule has 7 heteroatoms. The minimum absolute atomic E-state index is 0.0589. The fourth-order valence-corrected chi connectivity index (χ4v) is 1.93. The Labute approximate surface area is 127 Å². The number of benzene rings is 1. The van der Waals surface area contributed by atoms with E-state index in [2.05, 4.69) is 5.32 Å². The molecule has 1 amide bonds. The Morgan fingerprint density at radius 2 is 2.00 bits per heavy atom. The van der Waals surface area contributed by atoms with Crippen molar-refractivity contribution in [2.75, 3.05) is 27.2 Å². The van der Waals surface area contributed by atoms with E-state index in [1.54, 1.807) is 24.3 Å². The second kappa shape index (κ2) is 6.86. The number of hydrogen-bond donors (Lipinski definition) is 1. The van der Waals surface area contributed by atoms with Crippen LogP contribution in [0.3, 0.4) is 0 Å². The van der Waals surface area contributed by atoms with E-state index in [1.807, 2.05) is 19.0 Å². The van der Waals surface area contributed by atoms with Crippen LogP contribution in [0.4, 0.5) is 5.69 Å². The number of nitrogens with zero attached hydrogens (tertiary/aromatic N) is 2. The molecule has 0 fully saturated rings. The maximum atomic E-state index is 11.9. The molecule has 0 bridgehead atoms. The van der Waals surface area contributed by atoms with Crippen molar-refractivity contribution >= 4 is 11.6 Å². The number of nitro benzene ring substituents is 1. The molecule has 0 saturated carbocycles. The van der Waals surface area contributed by atoms with Crippen molar-refractivity contribution in [2.45, 2.75) is 0 Å². The fourth-order valence-electron chi connectivity index (χ4n) is 1.93. The first-order chi connectivity index (χ1) is 10.5. The summed E-state index contributed by atoms with van der Waals surface area (Å²) >= 11 is 0. The molecule has 0 spiro atoms. The zero-order valence-electron chi connectivity index (χ0n) is 12.4. The van der Waals surface area contributed by atoms with Gasteiger partial charge in [-0.2, -0.15) is 0 Å². The Hall–Kier alpha value is -2.67. The first-order valence-electron chi connectivity index (χ1n) is 6.75. The van der Waals surface area contributed by atoms with Crippen LogP contribution in [0.15, 0.2) is 40.8 Å². The lowest BCUT2D eigenvalue weighted by molar-refractivity contribution is -0.384. The highest BCUT2D eigenvalue weighted by Crippen LogP contribution is 2.30. The van der Waals surface area contributed by atoms with E-state index in [9.17, 15) is 14.9 Å². The molecule has 0 aliphatic rings. The number of rotatable bonds is 6. The molecule has 0 aliphatic heterocycles. The summed E-state index contributed by atoms with van der Waals surface area (Å²) in [4.78, 5) is 24.4. The standard InChI is InChI=1S/C15H17N3O4/c1-17(2)10-9-16-15(19)14-8-7-13(22-14)11-5-3-4-6-12(11)18(20)21/h3-8H,9-10H2,1-2H3,(H,16,19). The lowest BCUT2D eigenvalue weighted by Crippen LogP contribution is -2.31. The number of para-hydroxylation sites is 1. The maximum absolute atomic E-state index is 11.9. The molecule has 22 heavy (non-hydrogen) atoms. The van der Waals surface area contributed by atoms with Gasteiger partial charge in [-0.05, 0) is 32.3 Å². The van der Waals surface area contributed by atoms with Gasteiger partial charge in [0, 0.05) is 19.2 Å². The molecule has 1 aromatic heterocycles. The van der Waals surface area contributed by atoms with Gasteiger partial charge < -0.3 is 14.6 Å². The van der Waals surface area contributed by atoms with Crippen LogP contribution in [0.1, 0.15) is 10.6 Å². The first-order valence-corrected chi connectivity index (χ1v) is 6.75. The average molecular weight is 303 g/mol. The molecule has 0 radical (unpaired) electrons. The monoisotopic (exact) mass is 303 g/mol. The third-order valence-electron chi connectivity index (χ3n) is 3.04. The Kier molecular flexibility index (Phi) is 4.90. The van der Waals surface area contributed by atoms with Gasteiger partial charge in [0.25, 0.3) is 11.6 Å². The number of carbonyl (C=O) groups excluding carboxylic acids is 1. The van der Waals surface area contributed by atoms with Crippen molar-refractivity contribution in [1.82, 2.24) is 10.2 Å². The van der Waals surface area contributed by atoms with E-state index in [0.29, 0.717) is 24.4 Å². The van der Waals surface area contributed by atoms with E-state index < -0.39 is 4.92 Å². The summed E-state index contributed by atoms with van der Waals surface area (Å²) in [6.07, 6.45) is 0. The summed E-state index contributed by atoms with van der Waals surface area (Å²) < 4.78 is 5.45. The maximum Gasteiger partial charge on any atom is 0.287 e. The van der Waals surface area contributed by atoms with E-state index in [1.165, 1.54) is 12.1 Å². The van der Waals surface area contributed by atoms with Crippen LogP contribution >= 0.6 is 0 Å². The summed E-state index contributed by atoms with van der Waals surface area (Å²) in [6.45, 7) is 1.21. The first kappa shape index (κ1) is 15.7. The van der Waals surface area contributed by atoms with Gasteiger partial charge in [-0.15, -0.1) is 0 Å². The van der Waals surface area contributed by atoms with Crippen LogP contribution < -0.4 is 5.32 Å². The smallest absolute Gasteiger partial charge is 0.287 e. The van der Waals surface area contributed by atoms with E-state index in [-0.39, 0.29) is 17.4 Å². The molecule has 116 valence electrons. The number of furan rings is 1. The normalized spacial score (nSPS) is 10.7. The zero-order valence-corrected chi connectivity index (χ0v) is 12.4. The SMILES string of the molecule is CN(C)CCNC(=O)c1ccc(-c2ccccc2[N+](=O)[O-])o1. The quantitative estimate of drug-likeness (QED) is 0.652. The largest absolute Gasteiger partial charge is 0.451 e. The third kappa shape index (κ3) is 3.70. The molecule has 0 saturated heterocycles. The Morgan fingerprint density at radius 3 is 2.68 bits per heavy atom. The van der Waals surface area contributed by atoms with E-state index >= 15 is 0 Å². The minimum atomic E-state index is -0.477. The highest BCUT2D eigenvalue weighted by atomic mass is 16.6. The topological polar surface area (TPSA) is 88.6 Å². The summed E-state index contributed by atoms with van der Waals surface area (Å²) in [7, 11) is 3.82. The molecule has 0 aliphatic carbocycles. The van der Waals surface area contributed by atoms with Crippen LogP contribution in [-0.2, 0) is 0 Å². The van der Waals surface area contributed by atoms with Gasteiger partial charge in [0.15, 0.2) is 5.76 Å². The predicted molar refractivity (Wildman–Crippen MR) is 81.7 cm³/mol. The van der Waals surface area contributed by atoms with Crippen LogP contribution in [0.5, 0.6) is 0 Å². The average Bonchev–Trinajstić information content (AvgIpc) is 2.96. The third-order valence-corrected chi connectivity index (χ3v) is 3.04. The van der Waals surface area contributed by atoms with Crippen molar-refractivity contribution in [3.8, 4) is 11.3 Å². The number of hydrogen-bond acceptors (Lipinski definition) is 5. The van der Waals surface area contributed by atoms with Crippen LogP contribution in [0.2, 0.25) is 0 Å². The molecule has 0 unspecified atom stereocenters. The van der Waals surface area contributed by atoms with Gasteiger partial charge in [0.2, 0.25) is 0 Å². The molecule has 1 N–H and O–H groups in total. The number of carbonyl (C=O) groups is 1. The summed E-state index contributed by atoms with van der Waals surface area (Å²) in [6, 6.07) is 9.32. The molecule has 2 rings (SSSR count). The number of nitro groups is 1. The molecule has 1 aromatic carbocycles. The summed E-state index contributed by atoms with van der Waals surface area (Å²) in [5.41, 5.74) is 0.288. The van der Waals surface area contributed by atoms with Crippen molar-refractivity contribution in [2.24, 2.45) is 0 Å². The van der Waals surface area contributed by atoms with Gasteiger partial charge in [-0.1, -0.05) is 12.1 Å². The Bertz CT molecular complexity index is 679. The number of nitrogens with one attached hydrogen (secondary N) is 1. The number of likely N-dealkylation sites (N-methyl/N-ethyl adjacent to an activating group) is 1. The lowest BCUT2D eigenvalue weighted by Gasteiger charge is -2.09. The highest BCUT2D eigenvalue weighted by molar-refractivity contribution is 5.92. The minimum Gasteiger partial charge on any atom is -0.451 e. The Morgan fingerprint density at radius 1 is 1.27 bits per heavy atom. The second-order valence-corrected chi connectivity index (χ2v) is 5.00. The summed E-state index contributed by atoms with van der Waals surface area (Å²) in [5.74, 6) is 0.0867. The lowest BCUT2D eigenvalue weighted by atomic mass is 10.1. The molecule has 7 nitrogen and oxygen atoms in total. The van der Waals surface area contributed by atoms with Crippen LogP contribution in [-0.4, -0.2) is 42.9 Å². The van der Waals surface area contributed by atoms with Crippen molar-refractivity contribution in [1.29, 1.82) is 0 Å². The van der Waals surface area contributed by atoms with Crippen molar-refractivity contribution in [3.05, 3.63) is 52.3 Å². The van der Waals surface area contributed by atoms with Gasteiger partial charge in [0.05, 0.1) is 10.5 Å². The molecular formula is C15H17N3O4. The summed E-state index contributed by atoms with van der Waals surface area (Å²) in [5, 5.41) is 13.7. The van der Waals surface area contributed by atoms with Crippen LogP contribution in [0, 0.1) is 10.1 Å². The molecule has 2 aromatic rings. The zero-order chi connectivity index (χ0) is 16.1. The molecular weight excluding hydrogens is 286 g/mol. The van der Waals surface area contributed by atoms with Crippen LogP contribution in [0.25, 0.3) is 11.3 Å².